The number of nitrogens with one attached hydrogen (secondary N) is 2. The van der Waals surface area contributed by atoms with Gasteiger partial charge in [0.25, 0.3) is 5.56 Å². The van der Waals surface area contributed by atoms with E-state index in [0.717, 1.165) is 30.0 Å². The molecule has 0 unspecified atom stereocenters. The molecule has 0 fully saturated rings. The number of aromatic nitrogens is 2. The summed E-state index contributed by atoms with van der Waals surface area (Å²) in [6.45, 7) is 6.47. The van der Waals surface area contributed by atoms with Crippen LogP contribution in [0.4, 0.5) is 11.6 Å². The van der Waals surface area contributed by atoms with Crippen molar-refractivity contribution >= 4 is 23.4 Å². The molecule has 0 amide bonds. The Morgan fingerprint density at radius 3 is 2.64 bits per heavy atom. The molecule has 4 nitrogen and oxygen atoms in total. The van der Waals surface area contributed by atoms with Gasteiger partial charge >= 0.3 is 0 Å². The van der Waals surface area contributed by atoms with E-state index >= 15 is 0 Å². The van der Waals surface area contributed by atoms with Crippen LogP contribution < -0.4 is 10.9 Å². The third kappa shape index (κ3) is 5.22. The maximum Gasteiger partial charge on any atom is 0.252 e. The van der Waals surface area contributed by atoms with E-state index in [9.17, 15) is 4.79 Å². The molecule has 0 radical (unpaired) electrons. The number of H-pyrrole nitrogens is 1. The van der Waals surface area contributed by atoms with Crippen molar-refractivity contribution in [1.29, 1.82) is 0 Å². The highest BCUT2D eigenvalue weighted by molar-refractivity contribution is 7.99. The van der Waals surface area contributed by atoms with E-state index in [4.69, 9.17) is 0 Å². The van der Waals surface area contributed by atoms with E-state index in [-0.39, 0.29) is 5.56 Å². The Morgan fingerprint density at radius 2 is 2.00 bits per heavy atom. The van der Waals surface area contributed by atoms with Gasteiger partial charge < -0.3 is 5.32 Å². The maximum atomic E-state index is 11.6. The average Bonchev–Trinajstić information content (AvgIpc) is 2.46. The number of aryl methyl sites for hydroxylation is 1. The highest BCUT2D eigenvalue weighted by atomic mass is 32.2. The predicted octanol–water partition coefficient (Wildman–Crippen LogP) is 4.11. The number of aromatic amines is 1. The van der Waals surface area contributed by atoms with E-state index in [1.165, 1.54) is 5.56 Å². The van der Waals surface area contributed by atoms with Crippen molar-refractivity contribution in [3.8, 4) is 0 Å². The molecule has 22 heavy (non-hydrogen) atoms. The van der Waals surface area contributed by atoms with E-state index in [1.54, 1.807) is 6.07 Å². The Hall–Kier alpha value is -1.75. The van der Waals surface area contributed by atoms with Gasteiger partial charge in [-0.25, -0.2) is 4.98 Å². The fourth-order valence-corrected chi connectivity index (χ4v) is 2.75. The summed E-state index contributed by atoms with van der Waals surface area (Å²) in [7, 11) is 0. The number of benzene rings is 1. The molecule has 2 aromatic rings. The summed E-state index contributed by atoms with van der Waals surface area (Å²) in [4.78, 5) is 18.8. The van der Waals surface area contributed by atoms with E-state index in [2.05, 4.69) is 48.2 Å². The van der Waals surface area contributed by atoms with Crippen LogP contribution in [0.15, 0.2) is 35.1 Å². The van der Waals surface area contributed by atoms with Gasteiger partial charge in [0.05, 0.1) is 0 Å². The molecule has 0 atom stereocenters. The zero-order valence-corrected chi connectivity index (χ0v) is 14.2. The van der Waals surface area contributed by atoms with Crippen LogP contribution in [0.5, 0.6) is 0 Å². The molecule has 118 valence electrons. The van der Waals surface area contributed by atoms with Crippen LogP contribution in [0.3, 0.4) is 0 Å². The summed E-state index contributed by atoms with van der Waals surface area (Å²) < 4.78 is 0. The van der Waals surface area contributed by atoms with Crippen molar-refractivity contribution < 1.29 is 0 Å². The standard InChI is InChI=1S/C17H23N3OS/c1-4-5-15-10-16(21)20-17(19-15)18-14-8-6-13(7-9-14)11-22-12(2)3/h6-10,12H,4-5,11H2,1-3H3,(H2,18,19,20,21). The first-order chi connectivity index (χ1) is 10.6. The molecule has 1 heterocycles. The minimum absolute atomic E-state index is 0.120. The van der Waals surface area contributed by atoms with Gasteiger partial charge in [0, 0.05) is 23.2 Å². The molecular weight excluding hydrogens is 294 g/mol. The van der Waals surface area contributed by atoms with Gasteiger partial charge in [0.2, 0.25) is 5.95 Å². The second-order valence-electron chi connectivity index (χ2n) is 5.52. The molecule has 0 spiro atoms. The van der Waals surface area contributed by atoms with Crippen LogP contribution in [0.25, 0.3) is 0 Å². The zero-order valence-electron chi connectivity index (χ0n) is 13.3. The summed E-state index contributed by atoms with van der Waals surface area (Å²) in [6, 6.07) is 9.80. The molecule has 0 aliphatic rings. The maximum absolute atomic E-state index is 11.6. The Balaban J connectivity index is 2.05. The Bertz CT molecular complexity index is 650. The van der Waals surface area contributed by atoms with Gasteiger partial charge in [-0.2, -0.15) is 11.8 Å². The van der Waals surface area contributed by atoms with Gasteiger partial charge in [0.15, 0.2) is 0 Å². The molecule has 2 N–H and O–H groups in total. The summed E-state index contributed by atoms with van der Waals surface area (Å²) >= 11 is 1.92. The lowest BCUT2D eigenvalue weighted by molar-refractivity contribution is 0.870. The third-order valence-electron chi connectivity index (χ3n) is 3.10. The fourth-order valence-electron chi connectivity index (χ4n) is 2.04. The monoisotopic (exact) mass is 317 g/mol. The first kappa shape index (κ1) is 16.6. The van der Waals surface area contributed by atoms with Crippen LogP contribution in [0, 0.1) is 0 Å². The first-order valence-corrected chi connectivity index (χ1v) is 8.69. The molecule has 1 aromatic heterocycles. The van der Waals surface area contributed by atoms with Gasteiger partial charge in [-0.1, -0.05) is 39.3 Å². The number of hydrogen-bond acceptors (Lipinski definition) is 4. The molecule has 0 bridgehead atoms. The van der Waals surface area contributed by atoms with Gasteiger partial charge in [0.1, 0.15) is 0 Å². The number of rotatable bonds is 7. The highest BCUT2D eigenvalue weighted by Gasteiger charge is 2.02. The van der Waals surface area contributed by atoms with Crippen molar-refractivity contribution in [2.24, 2.45) is 0 Å². The van der Waals surface area contributed by atoms with Crippen LogP contribution in [-0.2, 0) is 12.2 Å². The van der Waals surface area contributed by atoms with Crippen LogP contribution in [0.2, 0.25) is 0 Å². The fraction of sp³-hybridized carbons (Fsp3) is 0.412. The first-order valence-electron chi connectivity index (χ1n) is 7.64. The number of hydrogen-bond donors (Lipinski definition) is 2. The second kappa shape index (κ2) is 8.03. The molecule has 0 aliphatic carbocycles. The highest BCUT2D eigenvalue weighted by Crippen LogP contribution is 2.19. The summed E-state index contributed by atoms with van der Waals surface area (Å²) in [6.07, 6.45) is 1.78. The van der Waals surface area contributed by atoms with Crippen LogP contribution in [0.1, 0.15) is 38.4 Å². The normalized spacial score (nSPS) is 10.9. The van der Waals surface area contributed by atoms with E-state index in [0.29, 0.717) is 11.2 Å². The molecule has 0 saturated carbocycles. The summed E-state index contributed by atoms with van der Waals surface area (Å²) in [5.74, 6) is 1.51. The largest absolute Gasteiger partial charge is 0.326 e. The summed E-state index contributed by atoms with van der Waals surface area (Å²) in [5.41, 5.74) is 2.92. The molecule has 0 saturated heterocycles. The Kier molecular flexibility index (Phi) is 6.07. The lowest BCUT2D eigenvalue weighted by Gasteiger charge is -2.08. The number of anilines is 2. The minimum Gasteiger partial charge on any atom is -0.326 e. The van der Waals surface area contributed by atoms with Crippen molar-refractivity contribution in [2.45, 2.75) is 44.6 Å². The van der Waals surface area contributed by atoms with Crippen molar-refractivity contribution in [2.75, 3.05) is 5.32 Å². The van der Waals surface area contributed by atoms with Crippen molar-refractivity contribution in [1.82, 2.24) is 9.97 Å². The summed E-state index contributed by atoms with van der Waals surface area (Å²) in [5, 5.41) is 3.79. The average molecular weight is 317 g/mol. The molecule has 5 heteroatoms. The number of nitrogens with zero attached hydrogens (tertiary/aromatic N) is 1. The lowest BCUT2D eigenvalue weighted by atomic mass is 10.2. The van der Waals surface area contributed by atoms with Gasteiger partial charge in [-0.3, -0.25) is 9.78 Å². The predicted molar refractivity (Wildman–Crippen MR) is 95.0 cm³/mol. The van der Waals surface area contributed by atoms with Gasteiger partial charge in [-0.05, 0) is 29.4 Å². The van der Waals surface area contributed by atoms with Gasteiger partial charge in [-0.15, -0.1) is 0 Å². The SMILES string of the molecule is CCCc1cc(=O)[nH]c(Nc2ccc(CSC(C)C)cc2)n1. The van der Waals surface area contributed by atoms with Crippen molar-refractivity contribution in [3.05, 3.63) is 51.9 Å². The smallest absolute Gasteiger partial charge is 0.252 e. The molecule has 2 rings (SSSR count). The molecule has 0 aliphatic heterocycles. The minimum atomic E-state index is -0.120. The Morgan fingerprint density at radius 1 is 1.27 bits per heavy atom. The Labute approximate surface area is 135 Å². The zero-order chi connectivity index (χ0) is 15.9. The second-order valence-corrected chi connectivity index (χ2v) is 7.08. The molecular formula is C17H23N3OS. The van der Waals surface area contributed by atoms with Crippen LogP contribution in [-0.4, -0.2) is 15.2 Å². The van der Waals surface area contributed by atoms with Crippen molar-refractivity contribution in [3.63, 3.8) is 0 Å². The molecule has 1 aromatic carbocycles. The quantitative estimate of drug-likeness (QED) is 0.807. The lowest BCUT2D eigenvalue weighted by Crippen LogP contribution is -2.12. The van der Waals surface area contributed by atoms with Crippen LogP contribution >= 0.6 is 11.8 Å². The topological polar surface area (TPSA) is 57.8 Å². The number of thioether (sulfide) groups is 1. The van der Waals surface area contributed by atoms with E-state index in [1.807, 2.05) is 23.9 Å². The third-order valence-corrected chi connectivity index (χ3v) is 4.27. The van der Waals surface area contributed by atoms with E-state index < -0.39 is 0 Å².